The van der Waals surface area contributed by atoms with Crippen molar-refractivity contribution in [3.63, 3.8) is 0 Å². The van der Waals surface area contributed by atoms with Crippen LogP contribution in [0.25, 0.3) is 0 Å². The largest absolute Gasteiger partial charge is 0.480 e. The quantitative estimate of drug-likeness (QED) is 0.524. The first-order valence-electron chi connectivity index (χ1n) is 6.78. The summed E-state index contributed by atoms with van der Waals surface area (Å²) in [5.74, 6) is -1.66. The molecule has 0 aliphatic rings. The zero-order chi connectivity index (χ0) is 15.9. The Labute approximate surface area is 119 Å². The van der Waals surface area contributed by atoms with Gasteiger partial charge in [-0.05, 0) is 18.3 Å². The second-order valence-corrected chi connectivity index (χ2v) is 5.40. The van der Waals surface area contributed by atoms with Gasteiger partial charge in [0.05, 0.1) is 0 Å². The second kappa shape index (κ2) is 8.39. The Bertz CT molecular complexity index is 358. The summed E-state index contributed by atoms with van der Waals surface area (Å²) in [6, 6.07) is -2.60. The lowest BCUT2D eigenvalue weighted by atomic mass is 9.97. The number of primary amides is 1. The molecule has 7 nitrogen and oxygen atoms in total. The van der Waals surface area contributed by atoms with Crippen molar-refractivity contribution in [1.82, 2.24) is 10.6 Å². The molecule has 20 heavy (non-hydrogen) atoms. The third-order valence-electron chi connectivity index (χ3n) is 3.12. The molecule has 116 valence electrons. The van der Waals surface area contributed by atoms with Gasteiger partial charge in [0, 0.05) is 0 Å². The highest BCUT2D eigenvalue weighted by Crippen LogP contribution is 2.10. The predicted octanol–water partition coefficient (Wildman–Crippen LogP) is 0.685. The van der Waals surface area contributed by atoms with Gasteiger partial charge in [-0.1, -0.05) is 34.1 Å². The minimum absolute atomic E-state index is 0.157. The first-order valence-corrected chi connectivity index (χ1v) is 6.78. The molecule has 0 saturated heterocycles. The summed E-state index contributed by atoms with van der Waals surface area (Å²) in [6.07, 6.45) is 1.01. The van der Waals surface area contributed by atoms with Crippen LogP contribution in [0.3, 0.4) is 0 Å². The molecule has 3 atom stereocenters. The van der Waals surface area contributed by atoms with Crippen molar-refractivity contribution < 1.29 is 19.5 Å². The highest BCUT2D eigenvalue weighted by Gasteiger charge is 2.29. The number of nitrogens with one attached hydrogen (secondary N) is 2. The molecule has 0 heterocycles. The van der Waals surface area contributed by atoms with E-state index in [4.69, 9.17) is 10.8 Å². The summed E-state index contributed by atoms with van der Waals surface area (Å²) in [5.41, 5.74) is 5.04. The van der Waals surface area contributed by atoms with Crippen LogP contribution in [0.4, 0.5) is 4.79 Å². The van der Waals surface area contributed by atoms with Crippen LogP contribution >= 0.6 is 0 Å². The van der Waals surface area contributed by atoms with Crippen LogP contribution in [0.15, 0.2) is 0 Å². The van der Waals surface area contributed by atoms with Crippen LogP contribution in [0.1, 0.15) is 40.5 Å². The lowest BCUT2D eigenvalue weighted by molar-refractivity contribution is -0.143. The first kappa shape index (κ1) is 18.2. The van der Waals surface area contributed by atoms with Crippen molar-refractivity contribution in [3.8, 4) is 0 Å². The molecule has 0 aromatic carbocycles. The molecule has 0 aliphatic carbocycles. The number of hydrogen-bond donors (Lipinski definition) is 4. The molecule has 5 N–H and O–H groups in total. The fraction of sp³-hybridized carbons (Fsp3) is 0.769. The van der Waals surface area contributed by atoms with Gasteiger partial charge < -0.3 is 21.5 Å². The van der Waals surface area contributed by atoms with Crippen molar-refractivity contribution in [2.24, 2.45) is 17.6 Å². The van der Waals surface area contributed by atoms with Gasteiger partial charge in [0.15, 0.2) is 0 Å². The summed E-state index contributed by atoms with van der Waals surface area (Å²) >= 11 is 0. The third-order valence-corrected chi connectivity index (χ3v) is 3.12. The van der Waals surface area contributed by atoms with Crippen molar-refractivity contribution in [1.29, 1.82) is 0 Å². The highest BCUT2D eigenvalue weighted by molar-refractivity contribution is 5.89. The number of carbonyl (C=O) groups is 3. The Hall–Kier alpha value is -1.79. The lowest BCUT2D eigenvalue weighted by Crippen LogP contribution is -2.54. The number of carboxylic acid groups (broad SMARTS) is 1. The SMILES string of the molecule is CC[C@H](C)[C@H](NC(=O)C(CC(C)C)NC(N)=O)C(=O)O. The average Bonchev–Trinajstić information content (AvgIpc) is 2.32. The minimum atomic E-state index is -1.09. The van der Waals surface area contributed by atoms with E-state index in [2.05, 4.69) is 10.6 Å². The number of rotatable bonds is 8. The summed E-state index contributed by atoms with van der Waals surface area (Å²) < 4.78 is 0. The van der Waals surface area contributed by atoms with Crippen LogP contribution in [0.2, 0.25) is 0 Å². The zero-order valence-electron chi connectivity index (χ0n) is 12.5. The molecule has 0 spiro atoms. The number of hydrogen-bond acceptors (Lipinski definition) is 3. The number of nitrogens with two attached hydrogens (primary N) is 1. The van der Waals surface area contributed by atoms with Gasteiger partial charge >= 0.3 is 12.0 Å². The highest BCUT2D eigenvalue weighted by atomic mass is 16.4. The molecule has 0 saturated carbocycles. The van der Waals surface area contributed by atoms with E-state index in [1.54, 1.807) is 6.92 Å². The molecule has 3 amide bonds. The number of aliphatic carboxylic acids is 1. The van der Waals surface area contributed by atoms with Gasteiger partial charge in [-0.3, -0.25) is 4.79 Å². The van der Waals surface area contributed by atoms with E-state index in [0.717, 1.165) is 0 Å². The molecule has 0 bridgehead atoms. The zero-order valence-corrected chi connectivity index (χ0v) is 12.5. The summed E-state index contributed by atoms with van der Waals surface area (Å²) in [6.45, 7) is 7.39. The van der Waals surface area contributed by atoms with E-state index in [-0.39, 0.29) is 11.8 Å². The Morgan fingerprint density at radius 2 is 1.70 bits per heavy atom. The standard InChI is InChI=1S/C13H25N3O4/c1-5-8(4)10(12(18)19)16-11(17)9(6-7(2)3)15-13(14)20/h7-10H,5-6H2,1-4H3,(H,16,17)(H,18,19)(H3,14,15,20)/t8-,9?,10-/m0/s1. The molecule has 0 aromatic heterocycles. The van der Waals surface area contributed by atoms with E-state index in [1.807, 2.05) is 20.8 Å². The number of urea groups is 1. The molecular formula is C13H25N3O4. The number of carboxylic acids is 1. The van der Waals surface area contributed by atoms with Gasteiger partial charge in [-0.25, -0.2) is 9.59 Å². The van der Waals surface area contributed by atoms with Gasteiger partial charge in [0.25, 0.3) is 0 Å². The van der Waals surface area contributed by atoms with Crippen LogP contribution in [0, 0.1) is 11.8 Å². The van der Waals surface area contributed by atoms with E-state index in [0.29, 0.717) is 12.8 Å². The van der Waals surface area contributed by atoms with E-state index in [9.17, 15) is 14.4 Å². The molecule has 0 rings (SSSR count). The van der Waals surface area contributed by atoms with Crippen molar-refractivity contribution in [2.45, 2.75) is 52.6 Å². The molecule has 0 radical (unpaired) electrons. The van der Waals surface area contributed by atoms with Gasteiger partial charge in [-0.15, -0.1) is 0 Å². The summed E-state index contributed by atoms with van der Waals surface area (Å²) in [5, 5.41) is 14.0. The maximum absolute atomic E-state index is 12.1. The minimum Gasteiger partial charge on any atom is -0.480 e. The Morgan fingerprint density at radius 3 is 2.05 bits per heavy atom. The average molecular weight is 287 g/mol. The van der Waals surface area contributed by atoms with Crippen LogP contribution < -0.4 is 16.4 Å². The van der Waals surface area contributed by atoms with Crippen molar-refractivity contribution in [2.75, 3.05) is 0 Å². The molecule has 0 fully saturated rings. The fourth-order valence-corrected chi connectivity index (χ4v) is 1.81. The van der Waals surface area contributed by atoms with E-state index in [1.165, 1.54) is 0 Å². The smallest absolute Gasteiger partial charge is 0.326 e. The van der Waals surface area contributed by atoms with Gasteiger partial charge in [0.2, 0.25) is 5.91 Å². The normalized spacial score (nSPS) is 15.2. The molecule has 0 aliphatic heterocycles. The maximum Gasteiger partial charge on any atom is 0.326 e. The van der Waals surface area contributed by atoms with Crippen LogP contribution in [0.5, 0.6) is 0 Å². The summed E-state index contributed by atoms with van der Waals surface area (Å²) in [4.78, 5) is 34.2. The van der Waals surface area contributed by atoms with Gasteiger partial charge in [0.1, 0.15) is 12.1 Å². The van der Waals surface area contributed by atoms with Crippen LogP contribution in [-0.2, 0) is 9.59 Å². The molecule has 0 aromatic rings. The predicted molar refractivity (Wildman–Crippen MR) is 75.0 cm³/mol. The molecule has 1 unspecified atom stereocenters. The maximum atomic E-state index is 12.1. The Morgan fingerprint density at radius 1 is 1.15 bits per heavy atom. The monoisotopic (exact) mass is 287 g/mol. The molecule has 7 heteroatoms. The van der Waals surface area contributed by atoms with Crippen molar-refractivity contribution >= 4 is 17.9 Å². The second-order valence-electron chi connectivity index (χ2n) is 5.40. The van der Waals surface area contributed by atoms with E-state index >= 15 is 0 Å². The Kier molecular flexibility index (Phi) is 7.64. The number of amides is 3. The topological polar surface area (TPSA) is 122 Å². The van der Waals surface area contributed by atoms with Crippen LogP contribution in [-0.4, -0.2) is 35.1 Å². The first-order chi connectivity index (χ1) is 9.18. The fourth-order valence-electron chi connectivity index (χ4n) is 1.81. The van der Waals surface area contributed by atoms with E-state index < -0.39 is 30.0 Å². The van der Waals surface area contributed by atoms with Gasteiger partial charge in [-0.2, -0.15) is 0 Å². The summed E-state index contributed by atoms with van der Waals surface area (Å²) in [7, 11) is 0. The Balaban J connectivity index is 4.86. The lowest BCUT2D eigenvalue weighted by Gasteiger charge is -2.24. The number of carbonyl (C=O) groups excluding carboxylic acids is 2. The molecular weight excluding hydrogens is 262 g/mol. The third kappa shape index (κ3) is 6.40. The van der Waals surface area contributed by atoms with Crippen molar-refractivity contribution in [3.05, 3.63) is 0 Å².